The summed E-state index contributed by atoms with van der Waals surface area (Å²) in [6, 6.07) is 23.8. The molecular weight excluding hydrogens is 266 g/mol. The molecular formula is C21H23N. The van der Waals surface area contributed by atoms with Gasteiger partial charge in [0.25, 0.3) is 0 Å². The van der Waals surface area contributed by atoms with Crippen LogP contribution >= 0.6 is 0 Å². The molecule has 0 fully saturated rings. The maximum Gasteiger partial charge on any atom is 0.0422 e. The predicted octanol–water partition coefficient (Wildman–Crippen LogP) is 5.75. The molecule has 1 N–H and O–H groups in total. The Kier molecular flexibility index (Phi) is 3.89. The third kappa shape index (κ3) is 3.14. The van der Waals surface area contributed by atoms with E-state index in [0.717, 1.165) is 6.54 Å². The SMILES string of the molecule is CC(C)(C)c1ccc(CNc2cccc3ccccc23)cc1. The third-order valence-electron chi connectivity index (χ3n) is 4.09. The van der Waals surface area contributed by atoms with Crippen molar-refractivity contribution in [1.29, 1.82) is 0 Å². The number of rotatable bonds is 3. The molecule has 112 valence electrons. The maximum absolute atomic E-state index is 3.56. The van der Waals surface area contributed by atoms with Gasteiger partial charge in [-0.1, -0.05) is 81.4 Å². The molecule has 0 aliphatic rings. The molecule has 3 rings (SSSR count). The van der Waals surface area contributed by atoms with Crippen LogP contribution in [0.15, 0.2) is 66.7 Å². The minimum Gasteiger partial charge on any atom is -0.380 e. The van der Waals surface area contributed by atoms with E-state index in [2.05, 4.69) is 92.8 Å². The van der Waals surface area contributed by atoms with Crippen molar-refractivity contribution in [3.63, 3.8) is 0 Å². The molecule has 0 heterocycles. The van der Waals surface area contributed by atoms with Gasteiger partial charge in [0.15, 0.2) is 0 Å². The Morgan fingerprint density at radius 3 is 2.18 bits per heavy atom. The molecule has 22 heavy (non-hydrogen) atoms. The summed E-state index contributed by atoms with van der Waals surface area (Å²) in [6.07, 6.45) is 0. The minimum atomic E-state index is 0.210. The number of hydrogen-bond donors (Lipinski definition) is 1. The average Bonchev–Trinajstić information content (AvgIpc) is 2.52. The topological polar surface area (TPSA) is 12.0 Å². The molecule has 0 bridgehead atoms. The highest BCUT2D eigenvalue weighted by Crippen LogP contribution is 2.25. The molecule has 0 unspecified atom stereocenters. The van der Waals surface area contributed by atoms with Crippen molar-refractivity contribution in [1.82, 2.24) is 0 Å². The van der Waals surface area contributed by atoms with E-state index in [-0.39, 0.29) is 5.41 Å². The number of fused-ring (bicyclic) bond motifs is 1. The molecule has 0 aromatic heterocycles. The fraction of sp³-hybridized carbons (Fsp3) is 0.238. The smallest absolute Gasteiger partial charge is 0.0422 e. The lowest BCUT2D eigenvalue weighted by Gasteiger charge is -2.19. The van der Waals surface area contributed by atoms with Crippen molar-refractivity contribution in [2.24, 2.45) is 0 Å². The van der Waals surface area contributed by atoms with Gasteiger partial charge in [0.2, 0.25) is 0 Å². The van der Waals surface area contributed by atoms with Crippen molar-refractivity contribution in [3.05, 3.63) is 77.9 Å². The summed E-state index contributed by atoms with van der Waals surface area (Å²) in [5.74, 6) is 0. The summed E-state index contributed by atoms with van der Waals surface area (Å²) in [4.78, 5) is 0. The summed E-state index contributed by atoms with van der Waals surface area (Å²) in [5.41, 5.74) is 4.09. The molecule has 0 amide bonds. The van der Waals surface area contributed by atoms with Crippen LogP contribution in [0.25, 0.3) is 10.8 Å². The Bertz CT molecular complexity index is 759. The summed E-state index contributed by atoms with van der Waals surface area (Å²) in [6.45, 7) is 7.58. The molecule has 3 aromatic carbocycles. The average molecular weight is 289 g/mol. The van der Waals surface area contributed by atoms with Crippen molar-refractivity contribution in [2.45, 2.75) is 32.7 Å². The first-order chi connectivity index (χ1) is 10.5. The molecule has 1 heteroatoms. The van der Waals surface area contributed by atoms with Crippen molar-refractivity contribution in [2.75, 3.05) is 5.32 Å². The van der Waals surface area contributed by atoms with Gasteiger partial charge in [-0.05, 0) is 28.0 Å². The van der Waals surface area contributed by atoms with Crippen LogP contribution in [-0.4, -0.2) is 0 Å². The number of nitrogens with one attached hydrogen (secondary N) is 1. The molecule has 3 aromatic rings. The van der Waals surface area contributed by atoms with E-state index < -0.39 is 0 Å². The van der Waals surface area contributed by atoms with E-state index in [9.17, 15) is 0 Å². The van der Waals surface area contributed by atoms with E-state index in [1.54, 1.807) is 0 Å². The van der Waals surface area contributed by atoms with Gasteiger partial charge in [0, 0.05) is 17.6 Å². The van der Waals surface area contributed by atoms with Gasteiger partial charge in [-0.2, -0.15) is 0 Å². The quantitative estimate of drug-likeness (QED) is 0.647. The van der Waals surface area contributed by atoms with Crippen molar-refractivity contribution < 1.29 is 0 Å². The molecule has 0 atom stereocenters. The molecule has 0 radical (unpaired) electrons. The number of hydrogen-bond acceptors (Lipinski definition) is 1. The lowest BCUT2D eigenvalue weighted by molar-refractivity contribution is 0.590. The van der Waals surface area contributed by atoms with E-state index in [4.69, 9.17) is 0 Å². The van der Waals surface area contributed by atoms with E-state index >= 15 is 0 Å². The lowest BCUT2D eigenvalue weighted by Crippen LogP contribution is -2.11. The lowest BCUT2D eigenvalue weighted by atomic mass is 9.87. The molecule has 0 spiro atoms. The van der Waals surface area contributed by atoms with Crippen LogP contribution in [-0.2, 0) is 12.0 Å². The van der Waals surface area contributed by atoms with Gasteiger partial charge in [-0.3, -0.25) is 0 Å². The summed E-state index contributed by atoms with van der Waals surface area (Å²) >= 11 is 0. The largest absolute Gasteiger partial charge is 0.380 e. The van der Waals surface area contributed by atoms with E-state index in [1.165, 1.54) is 27.6 Å². The predicted molar refractivity (Wildman–Crippen MR) is 96.4 cm³/mol. The zero-order valence-electron chi connectivity index (χ0n) is 13.6. The van der Waals surface area contributed by atoms with Crippen LogP contribution in [0.1, 0.15) is 31.9 Å². The van der Waals surface area contributed by atoms with Gasteiger partial charge < -0.3 is 5.32 Å². The second-order valence-electron chi connectivity index (χ2n) is 6.83. The highest BCUT2D eigenvalue weighted by molar-refractivity contribution is 5.93. The normalized spacial score (nSPS) is 11.6. The molecule has 0 aliphatic heterocycles. The van der Waals surface area contributed by atoms with Crippen molar-refractivity contribution >= 4 is 16.5 Å². The Labute approximate surface area is 133 Å². The van der Waals surface area contributed by atoms with Crippen LogP contribution in [0.2, 0.25) is 0 Å². The van der Waals surface area contributed by atoms with Crippen LogP contribution in [0.4, 0.5) is 5.69 Å². The van der Waals surface area contributed by atoms with E-state index in [1.807, 2.05) is 0 Å². The van der Waals surface area contributed by atoms with Crippen LogP contribution in [0.5, 0.6) is 0 Å². The third-order valence-corrected chi connectivity index (χ3v) is 4.09. The van der Waals surface area contributed by atoms with Crippen LogP contribution < -0.4 is 5.32 Å². The van der Waals surface area contributed by atoms with Gasteiger partial charge >= 0.3 is 0 Å². The first kappa shape index (κ1) is 14.6. The first-order valence-electron chi connectivity index (χ1n) is 7.85. The molecule has 0 saturated carbocycles. The monoisotopic (exact) mass is 289 g/mol. The first-order valence-corrected chi connectivity index (χ1v) is 7.85. The molecule has 0 saturated heterocycles. The van der Waals surface area contributed by atoms with Gasteiger partial charge in [0.05, 0.1) is 0 Å². The summed E-state index contributed by atoms with van der Waals surface area (Å²) in [5, 5.41) is 6.11. The maximum atomic E-state index is 3.56. The Morgan fingerprint density at radius 2 is 1.45 bits per heavy atom. The van der Waals surface area contributed by atoms with Gasteiger partial charge in [-0.15, -0.1) is 0 Å². The second kappa shape index (κ2) is 5.84. The zero-order chi connectivity index (χ0) is 15.6. The Balaban J connectivity index is 1.77. The number of anilines is 1. The minimum absolute atomic E-state index is 0.210. The second-order valence-corrected chi connectivity index (χ2v) is 6.83. The van der Waals surface area contributed by atoms with Crippen LogP contribution in [0, 0.1) is 0 Å². The van der Waals surface area contributed by atoms with Crippen LogP contribution in [0.3, 0.4) is 0 Å². The summed E-state index contributed by atoms with van der Waals surface area (Å²) in [7, 11) is 0. The van der Waals surface area contributed by atoms with E-state index in [0.29, 0.717) is 0 Å². The Hall–Kier alpha value is -2.28. The highest BCUT2D eigenvalue weighted by atomic mass is 14.9. The molecule has 1 nitrogen and oxygen atoms in total. The number of benzene rings is 3. The highest BCUT2D eigenvalue weighted by Gasteiger charge is 2.12. The fourth-order valence-electron chi connectivity index (χ4n) is 2.70. The molecule has 0 aliphatic carbocycles. The zero-order valence-corrected chi connectivity index (χ0v) is 13.6. The van der Waals surface area contributed by atoms with Crippen molar-refractivity contribution in [3.8, 4) is 0 Å². The summed E-state index contributed by atoms with van der Waals surface area (Å²) < 4.78 is 0. The Morgan fingerprint density at radius 1 is 0.773 bits per heavy atom. The standard InChI is InChI=1S/C21H23N/c1-21(2,3)18-13-11-16(12-14-18)15-22-20-10-6-8-17-7-4-5-9-19(17)20/h4-14,22H,15H2,1-3H3. The van der Waals surface area contributed by atoms with Gasteiger partial charge in [0.1, 0.15) is 0 Å². The van der Waals surface area contributed by atoms with Gasteiger partial charge in [-0.25, -0.2) is 0 Å². The fourth-order valence-corrected chi connectivity index (χ4v) is 2.70.